The summed E-state index contributed by atoms with van der Waals surface area (Å²) in [6, 6.07) is 11.1. The van der Waals surface area contributed by atoms with E-state index in [2.05, 4.69) is 20.6 Å². The normalized spacial score (nSPS) is 15.5. The van der Waals surface area contributed by atoms with Gasteiger partial charge in [-0.25, -0.2) is 10.5 Å². The summed E-state index contributed by atoms with van der Waals surface area (Å²) in [7, 11) is 0. The lowest BCUT2D eigenvalue weighted by Crippen LogP contribution is -2.42. The zero-order chi connectivity index (χ0) is 21.1. The molecule has 4 rings (SSSR count). The Kier molecular flexibility index (Phi) is 5.43. The SMILES string of the molecule is CC1(C(=O)Nc2cc(-c3ccc4cc(C(=O)NO)cnc4c3)ccn2)CCNCC1. The first kappa shape index (κ1) is 19.9. The van der Waals surface area contributed by atoms with Crippen LogP contribution in [0.25, 0.3) is 22.0 Å². The molecule has 1 aliphatic heterocycles. The van der Waals surface area contributed by atoms with Crippen LogP contribution in [0.3, 0.4) is 0 Å². The van der Waals surface area contributed by atoms with Crippen LogP contribution in [-0.2, 0) is 4.79 Å². The first-order chi connectivity index (χ1) is 14.5. The Hall–Kier alpha value is -3.36. The predicted octanol–water partition coefficient (Wildman–Crippen LogP) is 2.74. The van der Waals surface area contributed by atoms with Gasteiger partial charge in [0.2, 0.25) is 5.91 Å². The van der Waals surface area contributed by atoms with E-state index in [-0.39, 0.29) is 11.5 Å². The number of benzene rings is 1. The van der Waals surface area contributed by atoms with E-state index >= 15 is 0 Å². The fourth-order valence-electron chi connectivity index (χ4n) is 3.64. The van der Waals surface area contributed by atoms with Crippen LogP contribution in [0.5, 0.6) is 0 Å². The van der Waals surface area contributed by atoms with E-state index in [0.717, 1.165) is 42.4 Å². The van der Waals surface area contributed by atoms with Gasteiger partial charge in [-0.3, -0.25) is 19.8 Å². The number of hydrogen-bond acceptors (Lipinski definition) is 6. The van der Waals surface area contributed by atoms with Gasteiger partial charge in [0.25, 0.3) is 5.91 Å². The number of pyridine rings is 2. The molecule has 2 aromatic heterocycles. The molecule has 0 atom stereocenters. The summed E-state index contributed by atoms with van der Waals surface area (Å²) in [5.74, 6) is -0.103. The number of piperidine rings is 1. The Labute approximate surface area is 173 Å². The van der Waals surface area contributed by atoms with E-state index in [1.54, 1.807) is 17.7 Å². The summed E-state index contributed by atoms with van der Waals surface area (Å²) in [4.78, 5) is 33.0. The number of rotatable bonds is 4. The van der Waals surface area contributed by atoms with Crippen molar-refractivity contribution < 1.29 is 14.8 Å². The minimum absolute atomic E-state index is 0.0106. The van der Waals surface area contributed by atoms with Crippen LogP contribution in [0.15, 0.2) is 48.8 Å². The Morgan fingerprint density at radius 1 is 1.07 bits per heavy atom. The first-order valence-electron chi connectivity index (χ1n) is 9.81. The number of nitrogens with one attached hydrogen (secondary N) is 3. The second kappa shape index (κ2) is 8.17. The van der Waals surface area contributed by atoms with Gasteiger partial charge in [0.05, 0.1) is 11.1 Å². The van der Waals surface area contributed by atoms with Crippen molar-refractivity contribution in [2.24, 2.45) is 5.41 Å². The average Bonchev–Trinajstić information content (AvgIpc) is 2.78. The average molecular weight is 405 g/mol. The van der Waals surface area contributed by atoms with Crippen molar-refractivity contribution in [2.75, 3.05) is 18.4 Å². The molecule has 0 bridgehead atoms. The van der Waals surface area contributed by atoms with Gasteiger partial charge in [-0.1, -0.05) is 19.1 Å². The van der Waals surface area contributed by atoms with Crippen molar-refractivity contribution in [3.63, 3.8) is 0 Å². The van der Waals surface area contributed by atoms with Crippen LogP contribution in [0.4, 0.5) is 5.82 Å². The van der Waals surface area contributed by atoms with Gasteiger partial charge in [-0.05, 0) is 61.3 Å². The summed E-state index contributed by atoms with van der Waals surface area (Å²) >= 11 is 0. The van der Waals surface area contributed by atoms with Crippen molar-refractivity contribution in [1.29, 1.82) is 0 Å². The summed E-state index contributed by atoms with van der Waals surface area (Å²) in [5, 5.41) is 15.8. The summed E-state index contributed by atoms with van der Waals surface area (Å²) in [6.07, 6.45) is 4.67. The largest absolute Gasteiger partial charge is 0.317 e. The number of anilines is 1. The molecule has 8 heteroatoms. The third-order valence-electron chi connectivity index (χ3n) is 5.64. The standard InChI is InChI=1S/C22H23N5O3/c1-22(5-8-23-9-6-22)21(29)26-19-12-15(4-7-24-19)14-2-3-16-10-17(20(28)27-30)13-25-18(16)11-14/h2-4,7,10-13,23,30H,5-6,8-9H2,1H3,(H,27,28)(H,24,26,29). The highest BCUT2D eigenvalue weighted by molar-refractivity contribution is 5.97. The molecule has 30 heavy (non-hydrogen) atoms. The molecule has 0 unspecified atom stereocenters. The molecule has 1 saturated heterocycles. The predicted molar refractivity (Wildman–Crippen MR) is 113 cm³/mol. The van der Waals surface area contributed by atoms with E-state index in [4.69, 9.17) is 5.21 Å². The topological polar surface area (TPSA) is 116 Å². The van der Waals surface area contributed by atoms with Crippen molar-refractivity contribution in [3.05, 3.63) is 54.4 Å². The second-order valence-electron chi connectivity index (χ2n) is 7.77. The van der Waals surface area contributed by atoms with Crippen LogP contribution in [0, 0.1) is 5.41 Å². The summed E-state index contributed by atoms with van der Waals surface area (Å²) in [5.41, 5.74) is 4.02. The van der Waals surface area contributed by atoms with Gasteiger partial charge in [0, 0.05) is 23.2 Å². The molecule has 154 valence electrons. The first-order valence-corrected chi connectivity index (χ1v) is 9.81. The Morgan fingerprint density at radius 2 is 1.83 bits per heavy atom. The molecule has 2 amide bonds. The molecular formula is C22H23N5O3. The minimum atomic E-state index is -0.606. The zero-order valence-electron chi connectivity index (χ0n) is 16.6. The molecule has 0 aliphatic carbocycles. The number of aromatic nitrogens is 2. The van der Waals surface area contributed by atoms with E-state index in [9.17, 15) is 9.59 Å². The van der Waals surface area contributed by atoms with Crippen LogP contribution in [0.2, 0.25) is 0 Å². The van der Waals surface area contributed by atoms with Gasteiger partial charge >= 0.3 is 0 Å². The third-order valence-corrected chi connectivity index (χ3v) is 5.64. The number of carbonyl (C=O) groups is 2. The van der Waals surface area contributed by atoms with Gasteiger partial charge in [-0.15, -0.1) is 0 Å². The number of hydrogen-bond donors (Lipinski definition) is 4. The van der Waals surface area contributed by atoms with Crippen LogP contribution >= 0.6 is 0 Å². The van der Waals surface area contributed by atoms with E-state index in [0.29, 0.717) is 11.3 Å². The van der Waals surface area contributed by atoms with Gasteiger partial charge in [0.1, 0.15) is 5.82 Å². The lowest BCUT2D eigenvalue weighted by Gasteiger charge is -2.32. The Bertz CT molecular complexity index is 1110. The molecule has 0 spiro atoms. The van der Waals surface area contributed by atoms with E-state index < -0.39 is 11.3 Å². The summed E-state index contributed by atoms with van der Waals surface area (Å²) in [6.45, 7) is 3.67. The lowest BCUT2D eigenvalue weighted by atomic mass is 9.80. The maximum absolute atomic E-state index is 12.8. The minimum Gasteiger partial charge on any atom is -0.317 e. The molecule has 1 aromatic carbocycles. The maximum Gasteiger partial charge on any atom is 0.276 e. The Balaban J connectivity index is 1.58. The third kappa shape index (κ3) is 4.00. The Morgan fingerprint density at radius 3 is 2.60 bits per heavy atom. The monoisotopic (exact) mass is 405 g/mol. The number of amides is 2. The lowest BCUT2D eigenvalue weighted by molar-refractivity contribution is -0.126. The number of hydroxylamine groups is 1. The van der Waals surface area contributed by atoms with Gasteiger partial charge in [0.15, 0.2) is 0 Å². The molecule has 0 radical (unpaired) electrons. The number of nitrogens with zero attached hydrogens (tertiary/aromatic N) is 2. The van der Waals surface area contributed by atoms with Crippen molar-refractivity contribution in [2.45, 2.75) is 19.8 Å². The van der Waals surface area contributed by atoms with E-state index in [1.807, 2.05) is 37.3 Å². The highest BCUT2D eigenvalue weighted by atomic mass is 16.5. The molecule has 1 aliphatic rings. The zero-order valence-corrected chi connectivity index (χ0v) is 16.6. The van der Waals surface area contributed by atoms with Crippen molar-refractivity contribution in [3.8, 4) is 11.1 Å². The molecule has 0 saturated carbocycles. The second-order valence-corrected chi connectivity index (χ2v) is 7.77. The number of fused-ring (bicyclic) bond motifs is 1. The molecule has 3 aromatic rings. The number of carbonyl (C=O) groups excluding carboxylic acids is 2. The smallest absolute Gasteiger partial charge is 0.276 e. The molecule has 4 N–H and O–H groups in total. The van der Waals surface area contributed by atoms with E-state index in [1.165, 1.54) is 6.20 Å². The fraction of sp³-hybridized carbons (Fsp3) is 0.273. The van der Waals surface area contributed by atoms with Gasteiger partial charge < -0.3 is 10.6 Å². The fourth-order valence-corrected chi connectivity index (χ4v) is 3.64. The van der Waals surface area contributed by atoms with Crippen LogP contribution in [0.1, 0.15) is 30.1 Å². The van der Waals surface area contributed by atoms with Crippen LogP contribution in [-0.4, -0.2) is 40.1 Å². The highest BCUT2D eigenvalue weighted by Gasteiger charge is 2.34. The quantitative estimate of drug-likeness (QED) is 0.392. The molecular weight excluding hydrogens is 382 g/mol. The maximum atomic E-state index is 12.8. The van der Waals surface area contributed by atoms with Crippen molar-refractivity contribution in [1.82, 2.24) is 20.8 Å². The molecule has 8 nitrogen and oxygen atoms in total. The van der Waals surface area contributed by atoms with Crippen molar-refractivity contribution >= 4 is 28.5 Å². The van der Waals surface area contributed by atoms with Gasteiger partial charge in [-0.2, -0.15) is 0 Å². The van der Waals surface area contributed by atoms with Crippen LogP contribution < -0.4 is 16.1 Å². The summed E-state index contributed by atoms with van der Waals surface area (Å²) < 4.78 is 0. The molecule has 3 heterocycles. The molecule has 1 fully saturated rings. The highest BCUT2D eigenvalue weighted by Crippen LogP contribution is 2.30.